The summed E-state index contributed by atoms with van der Waals surface area (Å²) in [5, 5.41) is -0.268. The topological polar surface area (TPSA) is 64.0 Å². The smallest absolute Gasteiger partial charge is 0.293 e. The molecular formula is C28H29N3O4S. The van der Waals surface area contributed by atoms with Crippen molar-refractivity contribution in [3.63, 3.8) is 0 Å². The van der Waals surface area contributed by atoms with Gasteiger partial charge in [-0.05, 0) is 79.7 Å². The molecule has 2 aliphatic rings. The molecule has 0 saturated carbocycles. The fourth-order valence-corrected chi connectivity index (χ4v) is 5.43. The SMILES string of the molecule is Cc1cc(/C=C2\SC(=O)N(CCOc3ccccc3)C2=O)c(C)n1-c1ccc(N2CCOCC2)cc1. The number of amides is 2. The molecular weight excluding hydrogens is 474 g/mol. The van der Waals surface area contributed by atoms with Crippen molar-refractivity contribution >= 4 is 34.7 Å². The third kappa shape index (κ3) is 5.05. The van der Waals surface area contributed by atoms with Crippen molar-refractivity contribution in [1.29, 1.82) is 0 Å². The van der Waals surface area contributed by atoms with E-state index in [0.717, 1.165) is 60.7 Å². The highest BCUT2D eigenvalue weighted by molar-refractivity contribution is 8.18. The minimum atomic E-state index is -0.277. The highest BCUT2D eigenvalue weighted by Crippen LogP contribution is 2.34. The Morgan fingerprint density at radius 1 is 0.972 bits per heavy atom. The molecule has 3 heterocycles. The van der Waals surface area contributed by atoms with E-state index in [-0.39, 0.29) is 24.3 Å². The van der Waals surface area contributed by atoms with Crippen molar-refractivity contribution in [2.75, 3.05) is 44.4 Å². The second kappa shape index (κ2) is 10.6. The van der Waals surface area contributed by atoms with Crippen LogP contribution in [-0.2, 0) is 9.53 Å². The summed E-state index contributed by atoms with van der Waals surface area (Å²) in [6.45, 7) is 7.87. The Kier molecular flexibility index (Phi) is 7.16. The van der Waals surface area contributed by atoms with Crippen LogP contribution in [0.25, 0.3) is 11.8 Å². The van der Waals surface area contributed by atoms with Gasteiger partial charge in [-0.1, -0.05) is 18.2 Å². The lowest BCUT2D eigenvalue weighted by Crippen LogP contribution is -2.36. The van der Waals surface area contributed by atoms with Crippen LogP contribution in [0, 0.1) is 13.8 Å². The monoisotopic (exact) mass is 503 g/mol. The summed E-state index contributed by atoms with van der Waals surface area (Å²) < 4.78 is 13.3. The third-order valence-electron chi connectivity index (χ3n) is 6.44. The number of carbonyl (C=O) groups excluding carboxylic acids is 2. The number of aryl methyl sites for hydroxylation is 1. The molecule has 0 aliphatic carbocycles. The minimum Gasteiger partial charge on any atom is -0.492 e. The lowest BCUT2D eigenvalue weighted by molar-refractivity contribution is -0.123. The summed E-state index contributed by atoms with van der Waals surface area (Å²) in [5.41, 5.74) is 5.26. The average Bonchev–Trinajstić information content (AvgIpc) is 3.33. The summed E-state index contributed by atoms with van der Waals surface area (Å²) in [6.07, 6.45) is 1.82. The van der Waals surface area contributed by atoms with Crippen LogP contribution in [0.5, 0.6) is 5.75 Å². The molecule has 5 rings (SSSR count). The molecule has 3 aromatic rings. The summed E-state index contributed by atoms with van der Waals surface area (Å²) in [5.74, 6) is 0.437. The Morgan fingerprint density at radius 2 is 1.67 bits per heavy atom. The van der Waals surface area contributed by atoms with Crippen molar-refractivity contribution in [2.24, 2.45) is 0 Å². The summed E-state index contributed by atoms with van der Waals surface area (Å²) in [7, 11) is 0. The number of morpholine rings is 1. The molecule has 0 N–H and O–H groups in total. The zero-order valence-electron chi connectivity index (χ0n) is 20.5. The quantitative estimate of drug-likeness (QED) is 0.421. The number of anilines is 1. The van der Waals surface area contributed by atoms with Crippen molar-refractivity contribution in [2.45, 2.75) is 13.8 Å². The number of nitrogens with zero attached hydrogens (tertiary/aromatic N) is 3. The molecule has 2 amide bonds. The van der Waals surface area contributed by atoms with Gasteiger partial charge in [0.25, 0.3) is 11.1 Å². The predicted octanol–water partition coefficient (Wildman–Crippen LogP) is 5.05. The number of hydrogen-bond donors (Lipinski definition) is 0. The molecule has 0 bridgehead atoms. The van der Waals surface area contributed by atoms with E-state index in [1.54, 1.807) is 0 Å². The van der Waals surface area contributed by atoms with Crippen molar-refractivity contribution in [3.8, 4) is 11.4 Å². The molecule has 8 heteroatoms. The van der Waals surface area contributed by atoms with Gasteiger partial charge in [0.2, 0.25) is 0 Å². The van der Waals surface area contributed by atoms with Crippen LogP contribution in [-0.4, -0.2) is 60.1 Å². The number of imide groups is 1. The highest BCUT2D eigenvalue weighted by atomic mass is 32.2. The summed E-state index contributed by atoms with van der Waals surface area (Å²) in [4.78, 5) is 29.5. The maximum Gasteiger partial charge on any atom is 0.293 e. The van der Waals surface area contributed by atoms with E-state index in [2.05, 4.69) is 39.8 Å². The van der Waals surface area contributed by atoms with Gasteiger partial charge < -0.3 is 18.9 Å². The van der Waals surface area contributed by atoms with Gasteiger partial charge in [0.05, 0.1) is 24.7 Å². The normalized spacial score (nSPS) is 17.3. The molecule has 186 valence electrons. The van der Waals surface area contributed by atoms with Gasteiger partial charge in [0, 0.05) is 35.9 Å². The van der Waals surface area contributed by atoms with Gasteiger partial charge in [0.1, 0.15) is 12.4 Å². The maximum absolute atomic E-state index is 13.0. The number of hydrogen-bond acceptors (Lipinski definition) is 6. The second-order valence-electron chi connectivity index (χ2n) is 8.77. The number of benzene rings is 2. The highest BCUT2D eigenvalue weighted by Gasteiger charge is 2.35. The molecule has 2 saturated heterocycles. The van der Waals surface area contributed by atoms with Crippen LogP contribution in [0.2, 0.25) is 0 Å². The summed E-state index contributed by atoms with van der Waals surface area (Å²) >= 11 is 0.978. The number of para-hydroxylation sites is 1. The Bertz CT molecular complexity index is 1280. The first-order chi connectivity index (χ1) is 17.5. The van der Waals surface area contributed by atoms with Gasteiger partial charge in [-0.2, -0.15) is 0 Å². The standard InChI is InChI=1S/C28H29N3O4S/c1-20-18-22(21(2)31(20)24-10-8-23(9-11-24)29-12-15-34-16-13-29)19-26-27(32)30(28(33)36-26)14-17-35-25-6-4-3-5-7-25/h3-11,18-19H,12-17H2,1-2H3/b26-19-. The van der Waals surface area contributed by atoms with Gasteiger partial charge in [-0.25, -0.2) is 0 Å². The molecule has 0 atom stereocenters. The number of carbonyl (C=O) groups is 2. The van der Waals surface area contributed by atoms with Crippen LogP contribution >= 0.6 is 11.8 Å². The molecule has 2 fully saturated rings. The first-order valence-electron chi connectivity index (χ1n) is 12.1. The largest absolute Gasteiger partial charge is 0.492 e. The van der Waals surface area contributed by atoms with Gasteiger partial charge in [-0.3, -0.25) is 14.5 Å². The lowest BCUT2D eigenvalue weighted by Gasteiger charge is -2.29. The van der Waals surface area contributed by atoms with Crippen LogP contribution < -0.4 is 9.64 Å². The molecule has 0 radical (unpaired) electrons. The maximum atomic E-state index is 13.0. The number of rotatable bonds is 7. The zero-order valence-corrected chi connectivity index (χ0v) is 21.3. The molecule has 2 aromatic carbocycles. The molecule has 36 heavy (non-hydrogen) atoms. The number of ether oxygens (including phenoxy) is 2. The van der Waals surface area contributed by atoms with Crippen LogP contribution in [0.4, 0.5) is 10.5 Å². The fourth-order valence-electron chi connectivity index (χ4n) is 4.57. The Hall–Kier alpha value is -3.49. The Balaban J connectivity index is 1.29. The van der Waals surface area contributed by atoms with E-state index in [1.807, 2.05) is 50.3 Å². The Labute approximate surface area is 215 Å². The fraction of sp³-hybridized carbons (Fsp3) is 0.286. The second-order valence-corrected chi connectivity index (χ2v) is 9.77. The van der Waals surface area contributed by atoms with E-state index < -0.39 is 0 Å². The Morgan fingerprint density at radius 3 is 2.39 bits per heavy atom. The van der Waals surface area contributed by atoms with Crippen molar-refractivity contribution in [3.05, 3.63) is 82.5 Å². The van der Waals surface area contributed by atoms with E-state index in [0.29, 0.717) is 10.7 Å². The van der Waals surface area contributed by atoms with Crippen LogP contribution in [0.15, 0.2) is 65.6 Å². The van der Waals surface area contributed by atoms with E-state index in [9.17, 15) is 9.59 Å². The zero-order chi connectivity index (χ0) is 25.1. The van der Waals surface area contributed by atoms with E-state index >= 15 is 0 Å². The summed E-state index contributed by atoms with van der Waals surface area (Å²) in [6, 6.07) is 19.9. The first-order valence-corrected chi connectivity index (χ1v) is 12.9. The van der Waals surface area contributed by atoms with E-state index in [1.165, 1.54) is 10.6 Å². The molecule has 2 aliphatic heterocycles. The molecule has 7 nitrogen and oxygen atoms in total. The molecule has 0 spiro atoms. The van der Waals surface area contributed by atoms with Crippen LogP contribution in [0.1, 0.15) is 17.0 Å². The predicted molar refractivity (Wildman–Crippen MR) is 143 cm³/mol. The van der Waals surface area contributed by atoms with Gasteiger partial charge in [0.15, 0.2) is 0 Å². The molecule has 1 aromatic heterocycles. The van der Waals surface area contributed by atoms with Crippen molar-refractivity contribution < 1.29 is 19.1 Å². The number of aromatic nitrogens is 1. The van der Waals surface area contributed by atoms with Gasteiger partial charge >= 0.3 is 0 Å². The minimum absolute atomic E-state index is 0.214. The molecule has 0 unspecified atom stereocenters. The van der Waals surface area contributed by atoms with E-state index in [4.69, 9.17) is 9.47 Å². The number of thioether (sulfide) groups is 1. The average molecular weight is 504 g/mol. The van der Waals surface area contributed by atoms with Gasteiger partial charge in [-0.15, -0.1) is 0 Å². The van der Waals surface area contributed by atoms with Crippen molar-refractivity contribution in [1.82, 2.24) is 9.47 Å². The lowest BCUT2D eigenvalue weighted by atomic mass is 10.2. The third-order valence-corrected chi connectivity index (χ3v) is 7.35. The van der Waals surface area contributed by atoms with Crippen LogP contribution in [0.3, 0.4) is 0 Å². The first kappa shape index (κ1) is 24.2.